The Morgan fingerprint density at radius 1 is 0.337 bits per heavy atom. The molecule has 101 heavy (non-hydrogen) atoms. The summed E-state index contributed by atoms with van der Waals surface area (Å²) in [4.78, 5) is 1.73. The van der Waals surface area contributed by atoms with E-state index < -0.39 is 24.4 Å². The lowest BCUT2D eigenvalue weighted by Gasteiger charge is -2.36. The predicted molar refractivity (Wildman–Crippen MR) is 456 cm³/mol. The molecule has 8 nitrogen and oxygen atoms in total. The summed E-state index contributed by atoms with van der Waals surface area (Å²) < 4.78 is 22.2. The molecule has 0 fully saturated rings. The quantitative estimate of drug-likeness (QED) is 0.0114. The normalized spacial score (nSPS) is 11.4. The van der Waals surface area contributed by atoms with Gasteiger partial charge in [0.1, 0.15) is 24.4 Å². The standard InChI is InChI=1S/C30H40NO2PS2.C23H24O2S2.C19H15Cl.C6H15N.C4H10O2S2.3CH4/c1-25(2)31(26(3)4)34(5)33-22-24-36-35-23-21-32-30(27-15-9-6-10-16-27,28-17-11-7-12-18-28)29-19-13-8-14-20-29;24-16-18-26-27-19-17-25-23(20-10-4-1-5-11-20,21-12-6-2-7-13-21)22-14-8-3-9-15-22;20-19(16-10-4-1-5-11-16,17-12-6-2-7-13-17)18-14-8-3-9-15-18;1-4-7(5-2)6-3;5-1-3-7-8-4-2-6;;;/h6-20,25-26H,21-24H2,1-5H3;1-15,24H,16-19H2;1-15H;4-6H2,1-3H3;5-6H,1-4H2;3*1H4. The Kier molecular flexibility index (Phi) is 50.4. The maximum absolute atomic E-state index is 8.93. The molecule has 0 spiro atoms. The number of ether oxygens (including phenoxy) is 2. The number of aliphatic hydroxyl groups is 3. The Labute approximate surface area is 640 Å². The fourth-order valence-electron chi connectivity index (χ4n) is 11.2. The van der Waals surface area contributed by atoms with E-state index in [1.165, 1.54) is 19.6 Å². The monoisotopic (exact) mass is 1520 g/mol. The van der Waals surface area contributed by atoms with Crippen LogP contribution in [0.5, 0.6) is 0 Å². The van der Waals surface area contributed by atoms with Crippen molar-refractivity contribution >= 4 is 84.7 Å². The van der Waals surface area contributed by atoms with E-state index in [9.17, 15) is 0 Å². The van der Waals surface area contributed by atoms with E-state index in [4.69, 9.17) is 40.9 Å². The molecule has 9 aromatic carbocycles. The number of hydrogen-bond acceptors (Lipinski definition) is 14. The van der Waals surface area contributed by atoms with E-state index in [0.717, 1.165) is 91.2 Å². The van der Waals surface area contributed by atoms with Crippen LogP contribution in [0.25, 0.3) is 0 Å². The van der Waals surface area contributed by atoms with Crippen LogP contribution in [0.1, 0.15) is 121 Å². The van der Waals surface area contributed by atoms with Gasteiger partial charge < -0.3 is 34.2 Å². The maximum atomic E-state index is 8.93. The van der Waals surface area contributed by atoms with Crippen molar-refractivity contribution in [2.45, 2.75) is 98.9 Å². The first-order chi connectivity index (χ1) is 47.9. The molecule has 3 N–H and O–H groups in total. The molecular formula is C85H116ClN2O6PS6. The van der Waals surface area contributed by atoms with Gasteiger partial charge in [-0.1, -0.05) is 381 Å². The fraction of sp³-hybridized carbons (Fsp3) is 0.365. The summed E-state index contributed by atoms with van der Waals surface area (Å²) in [6, 6.07) is 94.6. The highest BCUT2D eigenvalue weighted by Crippen LogP contribution is 2.45. The highest BCUT2D eigenvalue weighted by Gasteiger charge is 2.39. The van der Waals surface area contributed by atoms with Crippen LogP contribution in [-0.4, -0.2) is 137 Å². The van der Waals surface area contributed by atoms with Gasteiger partial charge in [-0.3, -0.25) is 4.67 Å². The van der Waals surface area contributed by atoms with Crippen molar-refractivity contribution in [1.82, 2.24) is 9.57 Å². The van der Waals surface area contributed by atoms with Crippen LogP contribution in [-0.2, 0) is 30.1 Å². The van der Waals surface area contributed by atoms with Gasteiger partial charge in [0, 0.05) is 46.6 Å². The fourth-order valence-corrected chi connectivity index (χ4v) is 18.2. The van der Waals surface area contributed by atoms with E-state index in [0.29, 0.717) is 25.3 Å². The Morgan fingerprint density at radius 3 is 0.723 bits per heavy atom. The average molecular weight is 1520 g/mol. The Morgan fingerprint density at radius 2 is 0.535 bits per heavy atom. The first-order valence-electron chi connectivity index (χ1n) is 33.8. The van der Waals surface area contributed by atoms with Crippen LogP contribution < -0.4 is 0 Å². The zero-order valence-electron chi connectivity index (χ0n) is 58.5. The van der Waals surface area contributed by atoms with Crippen LogP contribution in [0.2, 0.25) is 0 Å². The molecule has 1 atom stereocenters. The van der Waals surface area contributed by atoms with Gasteiger partial charge in [0.2, 0.25) is 0 Å². The first-order valence-corrected chi connectivity index (χ1v) is 43.3. The van der Waals surface area contributed by atoms with Gasteiger partial charge >= 0.3 is 0 Å². The summed E-state index contributed by atoms with van der Waals surface area (Å²) in [6.45, 7) is 24.0. The molecular weight excluding hydrogens is 1400 g/mol. The van der Waals surface area contributed by atoms with Gasteiger partial charge in [-0.2, -0.15) is 0 Å². The average Bonchev–Trinajstić information content (AvgIpc) is 0.775. The molecule has 0 aliphatic rings. The number of alkyl halides is 1. The number of aliphatic hydroxyl groups excluding tert-OH is 3. The molecule has 0 radical (unpaired) electrons. The Balaban J connectivity index is 0.000000472. The van der Waals surface area contributed by atoms with Crippen molar-refractivity contribution in [3.05, 3.63) is 323 Å². The minimum Gasteiger partial charge on any atom is -0.395 e. The molecule has 0 aliphatic heterocycles. The molecule has 0 heterocycles. The molecule has 0 saturated carbocycles. The number of hydrogen-bond donors (Lipinski definition) is 3. The highest BCUT2D eigenvalue weighted by atomic mass is 35.5. The summed E-state index contributed by atoms with van der Waals surface area (Å²) in [5.74, 6) is 4.99. The molecule has 0 bridgehead atoms. The molecule has 0 aromatic heterocycles. The molecule has 9 aromatic rings. The second-order valence-electron chi connectivity index (χ2n) is 22.6. The van der Waals surface area contributed by atoms with E-state index in [2.05, 4.69) is 265 Å². The minimum absolute atomic E-state index is 0. The highest BCUT2D eigenvalue weighted by molar-refractivity contribution is 8.77. The molecule has 1 unspecified atom stereocenters. The van der Waals surface area contributed by atoms with E-state index >= 15 is 0 Å². The summed E-state index contributed by atoms with van der Waals surface area (Å²) in [5, 5.41) is 25.5. The van der Waals surface area contributed by atoms with Gasteiger partial charge in [0.25, 0.3) is 0 Å². The first kappa shape index (κ1) is 92.6. The number of benzene rings is 9. The Hall–Kier alpha value is -4.52. The molecule has 0 saturated heterocycles. The SMILES string of the molecule is C.C.C.CC(C)N(C(C)C)P(C)OCCSSCCOC(c1ccccc1)(c1ccccc1)c1ccccc1.CCN(CC)CC.ClC(c1ccccc1)(c1ccccc1)c1ccccc1.OCCSSCCO.OCCSSCCOC(c1ccccc1)(c1ccccc1)c1ccccc1. The van der Waals surface area contributed by atoms with Crippen molar-refractivity contribution in [2.75, 3.05) is 100 Å². The number of rotatable bonds is 36. The lowest BCUT2D eigenvalue weighted by Crippen LogP contribution is -2.33. The number of nitrogens with zero attached hydrogens (tertiary/aromatic N) is 2. The minimum atomic E-state index is -0.649. The van der Waals surface area contributed by atoms with Gasteiger partial charge in [-0.25, -0.2) is 0 Å². The van der Waals surface area contributed by atoms with Crippen molar-refractivity contribution < 1.29 is 29.3 Å². The van der Waals surface area contributed by atoms with Crippen LogP contribution in [0.15, 0.2) is 273 Å². The molecule has 0 aliphatic carbocycles. The predicted octanol–water partition coefficient (Wildman–Crippen LogP) is 22.6. The summed E-state index contributed by atoms with van der Waals surface area (Å²) in [5.41, 5.74) is 8.75. The zero-order valence-corrected chi connectivity index (χ0v) is 65.0. The van der Waals surface area contributed by atoms with Gasteiger partial charge in [-0.05, 0) is 104 Å². The molecule has 0 amide bonds. The van der Waals surface area contributed by atoms with Crippen LogP contribution in [0.4, 0.5) is 0 Å². The van der Waals surface area contributed by atoms with E-state index in [1.807, 2.05) is 94.4 Å². The van der Waals surface area contributed by atoms with Crippen molar-refractivity contribution in [3.8, 4) is 0 Å². The second-order valence-corrected chi connectivity index (χ2v) is 32.9. The Bertz CT molecular complexity index is 3040. The molecule has 550 valence electrons. The lowest BCUT2D eigenvalue weighted by atomic mass is 9.80. The van der Waals surface area contributed by atoms with Crippen molar-refractivity contribution in [1.29, 1.82) is 0 Å². The third-order valence-corrected chi connectivity index (χ3v) is 25.3. The van der Waals surface area contributed by atoms with Crippen LogP contribution >= 0.6 is 84.7 Å². The lowest BCUT2D eigenvalue weighted by molar-refractivity contribution is 0.0233. The molecule has 16 heteroatoms. The van der Waals surface area contributed by atoms with Gasteiger partial charge in [0.05, 0.1) is 39.6 Å². The largest absolute Gasteiger partial charge is 0.395 e. The van der Waals surface area contributed by atoms with E-state index in [1.54, 1.807) is 43.2 Å². The summed E-state index contributed by atoms with van der Waals surface area (Å²) >= 11 is 7.12. The van der Waals surface area contributed by atoms with Crippen LogP contribution in [0, 0.1) is 0 Å². The third-order valence-electron chi connectivity index (χ3n) is 15.5. The molecule has 9 rings (SSSR count). The van der Waals surface area contributed by atoms with Gasteiger partial charge in [0.15, 0.2) is 0 Å². The maximum Gasteiger partial charge on any atom is 0.143 e. The van der Waals surface area contributed by atoms with Crippen LogP contribution in [0.3, 0.4) is 0 Å². The second kappa shape index (κ2) is 55.0. The summed E-state index contributed by atoms with van der Waals surface area (Å²) in [6.07, 6.45) is 0. The third kappa shape index (κ3) is 30.5. The number of halogens is 1. The van der Waals surface area contributed by atoms with E-state index in [-0.39, 0.29) is 42.1 Å². The zero-order chi connectivity index (χ0) is 70.4. The van der Waals surface area contributed by atoms with Crippen molar-refractivity contribution in [2.24, 2.45) is 0 Å². The smallest absolute Gasteiger partial charge is 0.143 e. The topological polar surface area (TPSA) is 94.9 Å². The van der Waals surface area contributed by atoms with Crippen molar-refractivity contribution in [3.63, 3.8) is 0 Å². The van der Waals surface area contributed by atoms with Gasteiger partial charge in [-0.15, -0.1) is 11.6 Å². The summed E-state index contributed by atoms with van der Waals surface area (Å²) in [7, 11) is 9.75.